The van der Waals surface area contributed by atoms with E-state index in [9.17, 15) is 9.90 Å². The molecule has 134 valence electrons. The molecule has 1 fully saturated rings. The van der Waals surface area contributed by atoms with E-state index in [-0.39, 0.29) is 25.0 Å². The number of nitrogens with zero attached hydrogens (tertiary/aromatic N) is 1. The van der Waals surface area contributed by atoms with E-state index in [1.54, 1.807) is 12.1 Å². The molecular weight excluding hydrogens is 320 g/mol. The van der Waals surface area contributed by atoms with Gasteiger partial charge in [0.1, 0.15) is 11.9 Å². The van der Waals surface area contributed by atoms with Gasteiger partial charge in [0.15, 0.2) is 0 Å². The second kappa shape index (κ2) is 8.80. The number of hydrogen-bond donors (Lipinski definition) is 2. The smallest absolute Gasteiger partial charge is 0.222 e. The van der Waals surface area contributed by atoms with Gasteiger partial charge in [-0.1, -0.05) is 30.3 Å². The predicted molar refractivity (Wildman–Crippen MR) is 92.8 cm³/mol. The standard InChI is InChI=1S/C19H24N2O4/c22-17(18-7-4-9-25-18)12-20-19(23)11-16-14-21(8-10-24-16)13-15-5-2-1-3-6-15/h1-7,9,16-17,22H,8,10-14H2,(H,20,23). The molecular formula is C19H24N2O4. The van der Waals surface area contributed by atoms with Gasteiger partial charge in [0.05, 0.1) is 31.9 Å². The van der Waals surface area contributed by atoms with Crippen LogP contribution in [0.2, 0.25) is 0 Å². The third kappa shape index (κ3) is 5.42. The minimum Gasteiger partial charge on any atom is -0.467 e. The lowest BCUT2D eigenvalue weighted by molar-refractivity contribution is -0.126. The van der Waals surface area contributed by atoms with Gasteiger partial charge in [-0.3, -0.25) is 9.69 Å². The summed E-state index contributed by atoms with van der Waals surface area (Å²) >= 11 is 0. The van der Waals surface area contributed by atoms with Crippen molar-refractivity contribution in [3.05, 3.63) is 60.1 Å². The zero-order valence-electron chi connectivity index (χ0n) is 14.1. The fourth-order valence-corrected chi connectivity index (χ4v) is 2.96. The van der Waals surface area contributed by atoms with Crippen molar-refractivity contribution in [1.29, 1.82) is 0 Å². The summed E-state index contributed by atoms with van der Waals surface area (Å²) in [7, 11) is 0. The Morgan fingerprint density at radius 2 is 2.12 bits per heavy atom. The number of aliphatic hydroxyl groups excluding tert-OH is 1. The van der Waals surface area contributed by atoms with Crippen LogP contribution in [-0.4, -0.2) is 48.3 Å². The Kier molecular flexibility index (Phi) is 6.22. The highest BCUT2D eigenvalue weighted by molar-refractivity contribution is 5.76. The van der Waals surface area contributed by atoms with Gasteiger partial charge in [-0.25, -0.2) is 0 Å². The number of carbonyl (C=O) groups excluding carboxylic acids is 1. The lowest BCUT2D eigenvalue weighted by Gasteiger charge is -2.32. The average Bonchev–Trinajstić information content (AvgIpc) is 3.16. The molecule has 1 aromatic heterocycles. The summed E-state index contributed by atoms with van der Waals surface area (Å²) in [5.74, 6) is 0.320. The third-order valence-corrected chi connectivity index (χ3v) is 4.25. The first-order valence-corrected chi connectivity index (χ1v) is 8.57. The summed E-state index contributed by atoms with van der Waals surface area (Å²) < 4.78 is 10.8. The fraction of sp³-hybridized carbons (Fsp3) is 0.421. The molecule has 2 N–H and O–H groups in total. The number of aliphatic hydroxyl groups is 1. The lowest BCUT2D eigenvalue weighted by atomic mass is 10.1. The van der Waals surface area contributed by atoms with E-state index in [1.165, 1.54) is 11.8 Å². The largest absolute Gasteiger partial charge is 0.467 e. The second-order valence-corrected chi connectivity index (χ2v) is 6.25. The van der Waals surface area contributed by atoms with Crippen LogP contribution < -0.4 is 5.32 Å². The van der Waals surface area contributed by atoms with Crippen molar-refractivity contribution < 1.29 is 19.1 Å². The van der Waals surface area contributed by atoms with Crippen molar-refractivity contribution in [3.8, 4) is 0 Å². The fourth-order valence-electron chi connectivity index (χ4n) is 2.96. The average molecular weight is 344 g/mol. The number of amides is 1. The molecule has 1 aliphatic heterocycles. The van der Waals surface area contributed by atoms with E-state index in [0.29, 0.717) is 12.4 Å². The maximum atomic E-state index is 12.1. The first kappa shape index (κ1) is 17.7. The predicted octanol–water partition coefficient (Wildman–Crippen LogP) is 1.72. The van der Waals surface area contributed by atoms with Crippen molar-refractivity contribution in [1.82, 2.24) is 10.2 Å². The van der Waals surface area contributed by atoms with Crippen LogP contribution in [0.5, 0.6) is 0 Å². The quantitative estimate of drug-likeness (QED) is 0.800. The van der Waals surface area contributed by atoms with Crippen LogP contribution in [0.1, 0.15) is 23.8 Å². The number of nitrogens with one attached hydrogen (secondary N) is 1. The van der Waals surface area contributed by atoms with Gasteiger partial charge in [0.25, 0.3) is 0 Å². The summed E-state index contributed by atoms with van der Waals surface area (Å²) in [4.78, 5) is 14.4. The van der Waals surface area contributed by atoms with E-state index in [1.807, 2.05) is 18.2 Å². The van der Waals surface area contributed by atoms with Crippen molar-refractivity contribution in [2.45, 2.75) is 25.2 Å². The Hall–Kier alpha value is -2.15. The molecule has 0 radical (unpaired) electrons. The zero-order valence-corrected chi connectivity index (χ0v) is 14.1. The highest BCUT2D eigenvalue weighted by Gasteiger charge is 2.23. The van der Waals surface area contributed by atoms with Crippen LogP contribution in [-0.2, 0) is 16.1 Å². The van der Waals surface area contributed by atoms with Gasteiger partial charge >= 0.3 is 0 Å². The number of carbonyl (C=O) groups is 1. The van der Waals surface area contributed by atoms with Crippen LogP contribution in [0.3, 0.4) is 0 Å². The van der Waals surface area contributed by atoms with Crippen LogP contribution in [0.4, 0.5) is 0 Å². The van der Waals surface area contributed by atoms with E-state index >= 15 is 0 Å². The maximum absolute atomic E-state index is 12.1. The topological polar surface area (TPSA) is 74.9 Å². The molecule has 0 saturated carbocycles. The summed E-state index contributed by atoms with van der Waals surface area (Å²) in [5, 5.41) is 12.7. The molecule has 1 aliphatic rings. The van der Waals surface area contributed by atoms with Gasteiger partial charge in [0.2, 0.25) is 5.91 Å². The Morgan fingerprint density at radius 1 is 1.28 bits per heavy atom. The molecule has 6 nitrogen and oxygen atoms in total. The first-order valence-electron chi connectivity index (χ1n) is 8.57. The van der Waals surface area contributed by atoms with Crippen molar-refractivity contribution in [2.75, 3.05) is 26.2 Å². The summed E-state index contributed by atoms with van der Waals surface area (Å²) in [6.07, 6.45) is 0.826. The normalized spacial score (nSPS) is 19.5. The molecule has 1 aromatic carbocycles. The molecule has 2 heterocycles. The Bertz CT molecular complexity index is 645. The van der Waals surface area contributed by atoms with Gasteiger partial charge in [0, 0.05) is 19.6 Å². The Labute approximate surface area is 147 Å². The summed E-state index contributed by atoms with van der Waals surface area (Å²) in [6, 6.07) is 13.7. The zero-order chi connectivity index (χ0) is 17.5. The maximum Gasteiger partial charge on any atom is 0.222 e. The molecule has 6 heteroatoms. The first-order chi connectivity index (χ1) is 12.2. The molecule has 1 amide bonds. The number of morpholine rings is 1. The molecule has 0 aliphatic carbocycles. The minimum absolute atomic E-state index is 0.127. The second-order valence-electron chi connectivity index (χ2n) is 6.25. The van der Waals surface area contributed by atoms with E-state index < -0.39 is 6.10 Å². The van der Waals surface area contributed by atoms with Crippen LogP contribution in [0.25, 0.3) is 0 Å². The number of rotatable bonds is 7. The van der Waals surface area contributed by atoms with E-state index in [2.05, 4.69) is 22.3 Å². The summed E-state index contributed by atoms with van der Waals surface area (Å²) in [5.41, 5.74) is 1.26. The molecule has 2 atom stereocenters. The SMILES string of the molecule is O=C(CC1CN(Cc2ccccc2)CCO1)NCC(O)c1ccco1. The Balaban J connectivity index is 1.41. The van der Waals surface area contributed by atoms with Gasteiger partial charge in [-0.15, -0.1) is 0 Å². The number of ether oxygens (including phenoxy) is 1. The van der Waals surface area contributed by atoms with Gasteiger partial charge in [-0.05, 0) is 17.7 Å². The molecule has 2 aromatic rings. The van der Waals surface area contributed by atoms with E-state index in [0.717, 1.165) is 19.6 Å². The number of hydrogen-bond acceptors (Lipinski definition) is 5. The van der Waals surface area contributed by atoms with Crippen molar-refractivity contribution >= 4 is 5.91 Å². The van der Waals surface area contributed by atoms with Gasteiger partial charge in [-0.2, -0.15) is 0 Å². The molecule has 0 bridgehead atoms. The van der Waals surface area contributed by atoms with E-state index in [4.69, 9.17) is 9.15 Å². The number of furan rings is 1. The molecule has 25 heavy (non-hydrogen) atoms. The third-order valence-electron chi connectivity index (χ3n) is 4.25. The van der Waals surface area contributed by atoms with Gasteiger partial charge < -0.3 is 19.6 Å². The molecule has 2 unspecified atom stereocenters. The minimum atomic E-state index is -0.833. The van der Waals surface area contributed by atoms with Crippen LogP contribution >= 0.6 is 0 Å². The summed E-state index contributed by atoms with van der Waals surface area (Å²) in [6.45, 7) is 3.21. The van der Waals surface area contributed by atoms with Crippen LogP contribution in [0, 0.1) is 0 Å². The van der Waals surface area contributed by atoms with Crippen LogP contribution in [0.15, 0.2) is 53.1 Å². The van der Waals surface area contributed by atoms with Crippen molar-refractivity contribution in [3.63, 3.8) is 0 Å². The monoisotopic (exact) mass is 344 g/mol. The number of benzene rings is 1. The molecule has 1 saturated heterocycles. The Morgan fingerprint density at radius 3 is 2.88 bits per heavy atom. The highest BCUT2D eigenvalue weighted by Crippen LogP contribution is 2.14. The highest BCUT2D eigenvalue weighted by atomic mass is 16.5. The molecule has 3 rings (SSSR count). The van der Waals surface area contributed by atoms with Crippen molar-refractivity contribution in [2.24, 2.45) is 0 Å². The lowest BCUT2D eigenvalue weighted by Crippen LogP contribution is -2.44. The molecule has 0 spiro atoms.